The first kappa shape index (κ1) is 37.1. The highest BCUT2D eigenvalue weighted by Gasteiger charge is 2.25. The van der Waals surface area contributed by atoms with Crippen molar-refractivity contribution < 1.29 is 29.9 Å². The molecule has 6 rings (SSSR count). The molecule has 1 aliphatic heterocycles. The van der Waals surface area contributed by atoms with Gasteiger partial charge in [-0.25, -0.2) is 0 Å². The summed E-state index contributed by atoms with van der Waals surface area (Å²) in [6.07, 6.45) is 4.62. The van der Waals surface area contributed by atoms with Crippen LogP contribution in [0.25, 0.3) is 0 Å². The van der Waals surface area contributed by atoms with Crippen LogP contribution < -0.4 is 0 Å². The highest BCUT2D eigenvalue weighted by molar-refractivity contribution is 5.82. The summed E-state index contributed by atoms with van der Waals surface area (Å²) < 4.78 is 11.5. The molecule has 4 N–H and O–H groups in total. The summed E-state index contributed by atoms with van der Waals surface area (Å²) in [4.78, 5) is 9.26. The highest BCUT2D eigenvalue weighted by atomic mass is 16.5. The molecule has 274 valence electrons. The Morgan fingerprint density at radius 1 is 0.423 bits per heavy atom. The third kappa shape index (κ3) is 8.51. The lowest BCUT2D eigenvalue weighted by molar-refractivity contribution is 0.0541. The van der Waals surface area contributed by atoms with Crippen LogP contribution in [0.4, 0.5) is 0 Å². The second-order valence-electron chi connectivity index (χ2n) is 16.2. The fourth-order valence-electron chi connectivity index (χ4n) is 6.90. The Hall–Kier alpha value is -4.66. The number of rotatable bonds is 0. The van der Waals surface area contributed by atoms with Crippen LogP contribution in [0.2, 0.25) is 0 Å². The molecule has 0 amide bonds. The van der Waals surface area contributed by atoms with E-state index in [1.165, 1.54) is 0 Å². The smallest absolute Gasteiger partial charge is 0.122 e. The normalized spacial score (nSPS) is 15.9. The molecule has 2 aliphatic rings. The molecule has 0 saturated carbocycles. The zero-order chi connectivity index (χ0) is 37.2. The Bertz CT molecular complexity index is 1770. The number of fused-ring (bicyclic) bond motifs is 6. The van der Waals surface area contributed by atoms with Crippen LogP contribution in [-0.2, 0) is 46.0 Å². The summed E-state index contributed by atoms with van der Waals surface area (Å²) in [5, 5.41) is 47.7. The number of nitrogens with zero attached hydrogens (tertiary/aromatic N) is 2. The highest BCUT2D eigenvalue weighted by Crippen LogP contribution is 2.41. The van der Waals surface area contributed by atoms with Gasteiger partial charge in [0.25, 0.3) is 0 Å². The molecular formula is C44H52N2O6. The lowest BCUT2D eigenvalue weighted by Crippen LogP contribution is -2.13. The predicted octanol–water partition coefficient (Wildman–Crippen LogP) is 7.67. The van der Waals surface area contributed by atoms with Gasteiger partial charge in [0.15, 0.2) is 0 Å². The zero-order valence-electron chi connectivity index (χ0n) is 31.3. The maximum absolute atomic E-state index is 11.9. The summed E-state index contributed by atoms with van der Waals surface area (Å²) in [5.74, 6) is 0.499. The third-order valence-corrected chi connectivity index (χ3v) is 9.95. The summed E-state index contributed by atoms with van der Waals surface area (Å²) in [6.45, 7) is 15.5. The molecule has 8 nitrogen and oxygen atoms in total. The van der Waals surface area contributed by atoms with E-state index in [1.54, 1.807) is 12.4 Å². The van der Waals surface area contributed by atoms with Gasteiger partial charge in [-0.15, -0.1) is 0 Å². The van der Waals surface area contributed by atoms with E-state index in [4.69, 9.17) is 9.47 Å². The third-order valence-electron chi connectivity index (χ3n) is 9.95. The van der Waals surface area contributed by atoms with E-state index in [0.29, 0.717) is 84.0 Å². The number of hydrogen-bond acceptors (Lipinski definition) is 8. The monoisotopic (exact) mass is 704 g/mol. The molecule has 0 saturated heterocycles. The number of ether oxygens (including phenoxy) is 2. The molecule has 0 aromatic heterocycles. The van der Waals surface area contributed by atoms with E-state index >= 15 is 0 Å². The van der Waals surface area contributed by atoms with E-state index in [0.717, 1.165) is 22.3 Å². The van der Waals surface area contributed by atoms with E-state index in [9.17, 15) is 20.4 Å². The number of aromatic hydroxyl groups is 4. The van der Waals surface area contributed by atoms with Crippen LogP contribution in [0.5, 0.6) is 23.0 Å². The van der Waals surface area contributed by atoms with Crippen molar-refractivity contribution in [3.8, 4) is 23.0 Å². The molecule has 0 radical (unpaired) electrons. The topological polar surface area (TPSA) is 124 Å². The van der Waals surface area contributed by atoms with Gasteiger partial charge >= 0.3 is 0 Å². The van der Waals surface area contributed by atoms with Crippen LogP contribution in [0, 0.1) is 0 Å². The van der Waals surface area contributed by atoms with Crippen LogP contribution in [0.3, 0.4) is 0 Å². The SMILES string of the molecule is CC(C)(C)c1cc2c(O)c(c1)Cc1cc3cc(c1O)Cc1cc(C(C)(C)C)cc(c1O)Cc1cc(cc(c1O)C2)C=NCCOCCOCCN=C3. The van der Waals surface area contributed by atoms with Crippen LogP contribution in [0.1, 0.15) is 108 Å². The molecule has 4 aromatic rings. The molecule has 4 aromatic carbocycles. The maximum atomic E-state index is 11.9. The van der Waals surface area contributed by atoms with Gasteiger partial charge in [0.2, 0.25) is 0 Å². The summed E-state index contributed by atoms with van der Waals surface area (Å²) >= 11 is 0. The fraction of sp³-hybridized carbons (Fsp3) is 0.409. The van der Waals surface area contributed by atoms with Gasteiger partial charge in [0.05, 0.1) is 39.5 Å². The Morgan fingerprint density at radius 2 is 0.692 bits per heavy atom. The quantitative estimate of drug-likeness (QED) is 0.131. The minimum Gasteiger partial charge on any atom is -0.507 e. The average molecular weight is 705 g/mol. The van der Waals surface area contributed by atoms with Crippen LogP contribution in [0.15, 0.2) is 58.5 Å². The molecular weight excluding hydrogens is 652 g/mol. The Balaban J connectivity index is 1.65. The lowest BCUT2D eigenvalue weighted by atomic mass is 9.81. The van der Waals surface area contributed by atoms with Crippen molar-refractivity contribution in [2.75, 3.05) is 39.5 Å². The van der Waals surface area contributed by atoms with Gasteiger partial charge in [-0.3, -0.25) is 9.98 Å². The molecule has 1 heterocycles. The summed E-state index contributed by atoms with van der Waals surface area (Å²) in [6, 6.07) is 15.7. The number of benzene rings is 4. The largest absolute Gasteiger partial charge is 0.507 e. The van der Waals surface area contributed by atoms with E-state index in [-0.39, 0.29) is 59.5 Å². The van der Waals surface area contributed by atoms with Gasteiger partial charge in [0, 0.05) is 38.1 Å². The van der Waals surface area contributed by atoms with Crippen molar-refractivity contribution in [3.63, 3.8) is 0 Å². The predicted molar refractivity (Wildman–Crippen MR) is 208 cm³/mol. The molecule has 52 heavy (non-hydrogen) atoms. The average Bonchev–Trinajstić information content (AvgIpc) is 3.07. The molecule has 0 fully saturated rings. The summed E-state index contributed by atoms with van der Waals surface area (Å²) in [5.41, 5.74) is 8.46. The second kappa shape index (κ2) is 15.1. The van der Waals surface area contributed by atoms with Crippen molar-refractivity contribution in [2.45, 2.75) is 78.1 Å². The van der Waals surface area contributed by atoms with Gasteiger partial charge in [0.1, 0.15) is 23.0 Å². The maximum Gasteiger partial charge on any atom is 0.122 e. The molecule has 0 atom stereocenters. The number of aliphatic imine (C=N–C) groups is 2. The van der Waals surface area contributed by atoms with Gasteiger partial charge < -0.3 is 29.9 Å². The molecule has 10 bridgehead atoms. The minimum atomic E-state index is -0.236. The van der Waals surface area contributed by atoms with Crippen LogP contribution >= 0.6 is 0 Å². The van der Waals surface area contributed by atoms with Gasteiger partial charge in [-0.2, -0.15) is 0 Å². The first-order valence-electron chi connectivity index (χ1n) is 18.2. The van der Waals surface area contributed by atoms with Gasteiger partial charge in [-0.05, 0) is 102 Å². The lowest BCUT2D eigenvalue weighted by Gasteiger charge is -2.24. The van der Waals surface area contributed by atoms with Crippen molar-refractivity contribution in [1.82, 2.24) is 0 Å². The zero-order valence-corrected chi connectivity index (χ0v) is 31.3. The minimum absolute atomic E-state index is 0.120. The Morgan fingerprint density at radius 3 is 0.962 bits per heavy atom. The first-order chi connectivity index (χ1) is 24.7. The first-order valence-corrected chi connectivity index (χ1v) is 18.2. The van der Waals surface area contributed by atoms with Crippen molar-refractivity contribution in [1.29, 1.82) is 0 Å². The fourth-order valence-corrected chi connectivity index (χ4v) is 6.90. The standard InChI is InChI=1S/C44H52N2O6/c1-43(2,3)37-21-33-17-29-13-27-15-31(39(29)47)19-35-23-38(44(4,5)6)24-36(42(35)50)20-32-16-28(14-30(40(32)48)18-34(22-37)41(33)49)26-46-8-10-52-12-11-51-9-7-45-25-27/h13-16,21-26,47-50H,7-12,17-20H2,1-6H3. The number of hydrogen-bond donors (Lipinski definition) is 4. The molecule has 0 unspecified atom stereocenters. The Kier molecular flexibility index (Phi) is 10.8. The number of phenolic OH excluding ortho intramolecular Hbond substituents is 4. The Labute approximate surface area is 307 Å². The van der Waals surface area contributed by atoms with Crippen LogP contribution in [-0.4, -0.2) is 72.4 Å². The van der Waals surface area contributed by atoms with E-state index < -0.39 is 0 Å². The number of phenols is 4. The molecule has 1 aliphatic carbocycles. The summed E-state index contributed by atoms with van der Waals surface area (Å²) in [7, 11) is 0. The molecule has 0 spiro atoms. The van der Waals surface area contributed by atoms with Crippen molar-refractivity contribution >= 4 is 12.4 Å². The van der Waals surface area contributed by atoms with E-state index in [2.05, 4.69) is 51.5 Å². The van der Waals surface area contributed by atoms with Gasteiger partial charge in [-0.1, -0.05) is 65.8 Å². The van der Waals surface area contributed by atoms with Crippen molar-refractivity contribution in [3.05, 3.63) is 115 Å². The molecule has 8 heteroatoms. The second-order valence-corrected chi connectivity index (χ2v) is 16.2. The van der Waals surface area contributed by atoms with Crippen molar-refractivity contribution in [2.24, 2.45) is 9.98 Å². The van der Waals surface area contributed by atoms with E-state index in [1.807, 2.05) is 48.5 Å².